The molecular formula is C28H28ClN3O5S. The number of ether oxygens (including phenoxy) is 1. The number of fused-ring (bicyclic) bond motifs is 1. The van der Waals surface area contributed by atoms with Crippen LogP contribution in [0, 0.1) is 10.1 Å². The highest BCUT2D eigenvalue weighted by molar-refractivity contribution is 7.10. The van der Waals surface area contributed by atoms with Crippen molar-refractivity contribution < 1.29 is 19.2 Å². The van der Waals surface area contributed by atoms with E-state index in [4.69, 9.17) is 16.3 Å². The van der Waals surface area contributed by atoms with Crippen LogP contribution >= 0.6 is 22.9 Å². The van der Waals surface area contributed by atoms with Crippen molar-refractivity contribution in [1.82, 2.24) is 9.80 Å². The number of amides is 2. The maximum Gasteiger partial charge on any atom is 0.269 e. The molecule has 3 aromatic rings. The van der Waals surface area contributed by atoms with Crippen LogP contribution in [-0.4, -0.2) is 59.9 Å². The summed E-state index contributed by atoms with van der Waals surface area (Å²) < 4.78 is 5.15. The van der Waals surface area contributed by atoms with Gasteiger partial charge in [0.2, 0.25) is 11.8 Å². The highest BCUT2D eigenvalue weighted by Crippen LogP contribution is 2.38. The molecule has 2 aromatic carbocycles. The van der Waals surface area contributed by atoms with Crippen LogP contribution in [0.2, 0.25) is 5.02 Å². The van der Waals surface area contributed by atoms with E-state index in [1.165, 1.54) is 28.0 Å². The van der Waals surface area contributed by atoms with Crippen molar-refractivity contribution in [3.63, 3.8) is 0 Å². The van der Waals surface area contributed by atoms with Gasteiger partial charge in [0.15, 0.2) is 0 Å². The lowest BCUT2D eigenvalue weighted by atomic mass is 9.93. The van der Waals surface area contributed by atoms with E-state index in [1.807, 2.05) is 34.5 Å². The predicted octanol–water partition coefficient (Wildman–Crippen LogP) is 5.36. The average molecular weight is 554 g/mol. The molecule has 2 heterocycles. The molecule has 1 atom stereocenters. The van der Waals surface area contributed by atoms with Gasteiger partial charge in [-0.2, -0.15) is 0 Å². The molecule has 2 amide bonds. The first-order valence-corrected chi connectivity index (χ1v) is 13.4. The molecule has 0 N–H and O–H groups in total. The number of nitro benzene ring substituents is 1. The molecule has 10 heteroatoms. The van der Waals surface area contributed by atoms with Crippen molar-refractivity contribution in [2.75, 3.05) is 33.4 Å². The number of non-ortho nitro benzene ring substituents is 1. The summed E-state index contributed by atoms with van der Waals surface area (Å²) in [5, 5.41) is 13.6. The fourth-order valence-electron chi connectivity index (χ4n) is 4.49. The number of hydrogen-bond acceptors (Lipinski definition) is 6. The lowest BCUT2D eigenvalue weighted by molar-refractivity contribution is -0.384. The van der Waals surface area contributed by atoms with E-state index in [0.717, 1.165) is 17.5 Å². The van der Waals surface area contributed by atoms with Crippen LogP contribution in [0.5, 0.6) is 0 Å². The van der Waals surface area contributed by atoms with Gasteiger partial charge in [-0.05, 0) is 71.3 Å². The maximum absolute atomic E-state index is 13.7. The summed E-state index contributed by atoms with van der Waals surface area (Å²) in [6.45, 7) is 1.29. The van der Waals surface area contributed by atoms with Crippen molar-refractivity contribution in [3.05, 3.63) is 103 Å². The second-order valence-corrected chi connectivity index (χ2v) is 10.3. The lowest BCUT2D eigenvalue weighted by Crippen LogP contribution is -2.46. The van der Waals surface area contributed by atoms with Gasteiger partial charge in [0, 0.05) is 54.9 Å². The van der Waals surface area contributed by atoms with E-state index < -0.39 is 4.92 Å². The van der Waals surface area contributed by atoms with Crippen molar-refractivity contribution >= 4 is 46.5 Å². The normalized spacial score (nSPS) is 14.9. The molecule has 0 spiro atoms. The number of rotatable bonds is 10. The number of methoxy groups -OCH3 is 1. The van der Waals surface area contributed by atoms with Crippen molar-refractivity contribution in [1.29, 1.82) is 0 Å². The van der Waals surface area contributed by atoms with E-state index in [0.29, 0.717) is 36.7 Å². The number of nitrogens with zero attached hydrogens (tertiary/aromatic N) is 3. The number of benzene rings is 2. The van der Waals surface area contributed by atoms with Gasteiger partial charge in [-0.1, -0.05) is 23.7 Å². The Balaban J connectivity index is 1.53. The zero-order chi connectivity index (χ0) is 27.1. The quantitative estimate of drug-likeness (QED) is 0.146. The molecule has 0 saturated carbocycles. The summed E-state index contributed by atoms with van der Waals surface area (Å²) in [7, 11) is 1.59. The second-order valence-electron chi connectivity index (χ2n) is 8.88. The zero-order valence-corrected chi connectivity index (χ0v) is 22.5. The minimum atomic E-state index is -0.473. The van der Waals surface area contributed by atoms with E-state index in [1.54, 1.807) is 36.7 Å². The van der Waals surface area contributed by atoms with Gasteiger partial charge in [0.05, 0.1) is 11.0 Å². The highest BCUT2D eigenvalue weighted by Gasteiger charge is 2.33. The topological polar surface area (TPSA) is 93.0 Å². The lowest BCUT2D eigenvalue weighted by Gasteiger charge is -2.37. The van der Waals surface area contributed by atoms with E-state index in [9.17, 15) is 19.7 Å². The molecule has 1 unspecified atom stereocenters. The van der Waals surface area contributed by atoms with E-state index >= 15 is 0 Å². The first kappa shape index (κ1) is 27.5. The minimum absolute atomic E-state index is 0.0224. The first-order chi connectivity index (χ1) is 18.4. The summed E-state index contributed by atoms with van der Waals surface area (Å²) in [6.07, 6.45) is 4.33. The fraction of sp³-hybridized carbons (Fsp3) is 0.286. The number of nitro groups is 1. The molecule has 1 aromatic heterocycles. The van der Waals surface area contributed by atoms with Gasteiger partial charge in [-0.3, -0.25) is 19.7 Å². The Morgan fingerprint density at radius 2 is 1.92 bits per heavy atom. The van der Waals surface area contributed by atoms with Crippen LogP contribution in [0.1, 0.15) is 34.0 Å². The Kier molecular flexibility index (Phi) is 9.28. The van der Waals surface area contributed by atoms with Crippen molar-refractivity contribution in [2.24, 2.45) is 0 Å². The third-order valence-corrected chi connectivity index (χ3v) is 7.66. The molecule has 1 aliphatic rings. The molecular weight excluding hydrogens is 526 g/mol. The Bertz CT molecular complexity index is 1310. The monoisotopic (exact) mass is 553 g/mol. The number of carbonyl (C=O) groups is 2. The molecule has 0 bridgehead atoms. The standard InChI is InChI=1S/C28H28ClN3O5S/c1-37-17-2-15-30(26(33)12-5-20-3-10-23(11-4-20)32(35)36)19-27(34)31-16-13-25-24(14-18-38-25)28(31)21-6-8-22(29)9-7-21/h3-12,14,18,28H,2,13,15-17,19H2,1H3. The van der Waals surface area contributed by atoms with Crippen molar-refractivity contribution in [2.45, 2.75) is 18.9 Å². The number of thiophene rings is 1. The van der Waals surface area contributed by atoms with Crippen molar-refractivity contribution in [3.8, 4) is 0 Å². The molecule has 0 saturated heterocycles. The molecule has 1 aliphatic heterocycles. The third-order valence-electron chi connectivity index (χ3n) is 6.41. The van der Waals surface area contributed by atoms with Gasteiger partial charge in [0.25, 0.3) is 5.69 Å². The van der Waals surface area contributed by atoms with E-state index in [-0.39, 0.29) is 30.1 Å². The average Bonchev–Trinajstić information content (AvgIpc) is 3.40. The summed E-state index contributed by atoms with van der Waals surface area (Å²) >= 11 is 7.81. The number of carbonyl (C=O) groups excluding carboxylic acids is 2. The Hall–Kier alpha value is -3.53. The highest BCUT2D eigenvalue weighted by atomic mass is 35.5. The summed E-state index contributed by atoms with van der Waals surface area (Å²) in [6, 6.07) is 15.3. The molecule has 38 heavy (non-hydrogen) atoms. The van der Waals surface area contributed by atoms with Crippen LogP contribution < -0.4 is 0 Å². The maximum atomic E-state index is 13.7. The summed E-state index contributed by atoms with van der Waals surface area (Å²) in [5.41, 5.74) is 2.70. The zero-order valence-electron chi connectivity index (χ0n) is 20.9. The molecule has 4 rings (SSSR count). The Morgan fingerprint density at radius 3 is 2.61 bits per heavy atom. The largest absolute Gasteiger partial charge is 0.385 e. The van der Waals surface area contributed by atoms with Gasteiger partial charge < -0.3 is 14.5 Å². The van der Waals surface area contributed by atoms with Crippen LogP contribution in [0.15, 0.2) is 66.1 Å². The number of halogens is 1. The number of hydrogen-bond donors (Lipinski definition) is 0. The van der Waals surface area contributed by atoms with Gasteiger partial charge in [-0.25, -0.2) is 0 Å². The molecule has 0 fully saturated rings. The molecule has 0 aliphatic carbocycles. The van der Waals surface area contributed by atoms with E-state index in [2.05, 4.69) is 6.07 Å². The molecule has 8 nitrogen and oxygen atoms in total. The van der Waals surface area contributed by atoms with Crippen LogP contribution in [-0.2, 0) is 20.7 Å². The second kappa shape index (κ2) is 12.8. The molecule has 198 valence electrons. The first-order valence-electron chi connectivity index (χ1n) is 12.2. The summed E-state index contributed by atoms with van der Waals surface area (Å²) in [4.78, 5) is 41.9. The molecule has 0 radical (unpaired) electrons. The predicted molar refractivity (Wildman–Crippen MR) is 148 cm³/mol. The Morgan fingerprint density at radius 1 is 1.18 bits per heavy atom. The van der Waals surface area contributed by atoms with Gasteiger partial charge in [-0.15, -0.1) is 11.3 Å². The SMILES string of the molecule is COCCCN(CC(=O)N1CCc2sccc2C1c1ccc(Cl)cc1)C(=O)C=Cc1ccc([N+](=O)[O-])cc1. The minimum Gasteiger partial charge on any atom is -0.385 e. The smallest absolute Gasteiger partial charge is 0.269 e. The van der Waals surface area contributed by atoms with Crippen LogP contribution in [0.3, 0.4) is 0 Å². The fourth-order valence-corrected chi connectivity index (χ4v) is 5.52. The van der Waals surface area contributed by atoms with Crippen LogP contribution in [0.25, 0.3) is 6.08 Å². The van der Waals surface area contributed by atoms with Gasteiger partial charge >= 0.3 is 0 Å². The van der Waals surface area contributed by atoms with Gasteiger partial charge in [0.1, 0.15) is 6.54 Å². The van der Waals surface area contributed by atoms with Crippen LogP contribution in [0.4, 0.5) is 5.69 Å². The summed E-state index contributed by atoms with van der Waals surface area (Å²) in [5.74, 6) is -0.458. The Labute approximate surface area is 230 Å². The third kappa shape index (κ3) is 6.66.